The molecular weight excluding hydrogens is 326 g/mol. The van der Waals surface area contributed by atoms with Crippen molar-refractivity contribution in [1.29, 1.82) is 0 Å². The number of aryl methyl sites for hydroxylation is 2. The van der Waals surface area contributed by atoms with Crippen LogP contribution in [0.4, 0.5) is 0 Å². The SMILES string of the molecule is Cc1ccc2[nH]c(CN(C)Cc3nnc(-c4ccccc4)o3)nc2c1C. The van der Waals surface area contributed by atoms with E-state index in [1.54, 1.807) is 0 Å². The van der Waals surface area contributed by atoms with Crippen LogP contribution in [0.15, 0.2) is 46.9 Å². The van der Waals surface area contributed by atoms with Crippen molar-refractivity contribution in [3.05, 3.63) is 65.3 Å². The summed E-state index contributed by atoms with van der Waals surface area (Å²) in [5.41, 5.74) is 5.51. The first-order chi connectivity index (χ1) is 12.6. The van der Waals surface area contributed by atoms with Gasteiger partial charge in [-0.05, 0) is 50.2 Å². The Balaban J connectivity index is 1.47. The highest BCUT2D eigenvalue weighted by atomic mass is 16.4. The van der Waals surface area contributed by atoms with E-state index in [9.17, 15) is 0 Å². The van der Waals surface area contributed by atoms with Crippen LogP contribution < -0.4 is 0 Å². The lowest BCUT2D eigenvalue weighted by atomic mass is 10.1. The Labute approximate surface area is 151 Å². The van der Waals surface area contributed by atoms with E-state index in [1.165, 1.54) is 11.1 Å². The molecule has 4 rings (SSSR count). The number of nitrogens with one attached hydrogen (secondary N) is 1. The highest BCUT2D eigenvalue weighted by Crippen LogP contribution is 2.21. The second-order valence-electron chi connectivity index (χ2n) is 6.63. The fraction of sp³-hybridized carbons (Fsp3) is 0.250. The summed E-state index contributed by atoms with van der Waals surface area (Å²) in [5, 5.41) is 8.29. The Morgan fingerprint density at radius 1 is 1.00 bits per heavy atom. The molecule has 132 valence electrons. The molecule has 0 aliphatic heterocycles. The lowest BCUT2D eigenvalue weighted by molar-refractivity contribution is 0.277. The van der Waals surface area contributed by atoms with Gasteiger partial charge in [-0.2, -0.15) is 0 Å². The normalized spacial score (nSPS) is 11.5. The van der Waals surface area contributed by atoms with E-state index >= 15 is 0 Å². The van der Waals surface area contributed by atoms with E-state index in [0.717, 1.165) is 22.4 Å². The largest absolute Gasteiger partial charge is 0.419 e. The third kappa shape index (κ3) is 3.23. The van der Waals surface area contributed by atoms with Crippen LogP contribution in [-0.2, 0) is 13.1 Å². The van der Waals surface area contributed by atoms with Crippen LogP contribution in [0.1, 0.15) is 22.8 Å². The lowest BCUT2D eigenvalue weighted by Gasteiger charge is -2.11. The van der Waals surface area contributed by atoms with Crippen LogP contribution in [-0.4, -0.2) is 32.1 Å². The summed E-state index contributed by atoms with van der Waals surface area (Å²) in [6, 6.07) is 14.0. The van der Waals surface area contributed by atoms with E-state index in [4.69, 9.17) is 9.40 Å². The number of hydrogen-bond donors (Lipinski definition) is 1. The number of nitrogens with zero attached hydrogens (tertiary/aromatic N) is 4. The maximum atomic E-state index is 5.78. The minimum atomic E-state index is 0.545. The molecule has 2 aromatic carbocycles. The number of H-pyrrole nitrogens is 1. The van der Waals surface area contributed by atoms with Crippen LogP contribution >= 0.6 is 0 Å². The topological polar surface area (TPSA) is 70.8 Å². The number of rotatable bonds is 5. The van der Waals surface area contributed by atoms with Crippen LogP contribution in [0.3, 0.4) is 0 Å². The number of aromatic amines is 1. The van der Waals surface area contributed by atoms with Crippen LogP contribution in [0.25, 0.3) is 22.5 Å². The molecule has 0 fully saturated rings. The third-order valence-corrected chi connectivity index (χ3v) is 4.54. The van der Waals surface area contributed by atoms with Gasteiger partial charge >= 0.3 is 0 Å². The second-order valence-corrected chi connectivity index (χ2v) is 6.63. The molecule has 6 heteroatoms. The van der Waals surface area contributed by atoms with Crippen LogP contribution in [0.2, 0.25) is 0 Å². The molecule has 0 atom stereocenters. The predicted octanol–water partition coefficient (Wildman–Crippen LogP) is 3.86. The van der Waals surface area contributed by atoms with Gasteiger partial charge in [0, 0.05) is 5.56 Å². The zero-order valence-electron chi connectivity index (χ0n) is 15.2. The number of benzene rings is 2. The second kappa shape index (κ2) is 6.72. The van der Waals surface area contributed by atoms with Crippen LogP contribution in [0, 0.1) is 13.8 Å². The molecule has 0 saturated heterocycles. The first-order valence-electron chi connectivity index (χ1n) is 8.61. The van der Waals surface area contributed by atoms with Gasteiger partial charge in [-0.3, -0.25) is 4.90 Å². The van der Waals surface area contributed by atoms with E-state index in [1.807, 2.05) is 37.4 Å². The summed E-state index contributed by atoms with van der Waals surface area (Å²) in [6.45, 7) is 5.45. The molecule has 0 spiro atoms. The first-order valence-corrected chi connectivity index (χ1v) is 8.61. The van der Waals surface area contributed by atoms with Crippen molar-refractivity contribution in [3.8, 4) is 11.5 Å². The first kappa shape index (κ1) is 16.5. The zero-order valence-corrected chi connectivity index (χ0v) is 15.2. The smallest absolute Gasteiger partial charge is 0.247 e. The highest BCUT2D eigenvalue weighted by molar-refractivity contribution is 5.79. The molecule has 2 heterocycles. The van der Waals surface area contributed by atoms with Gasteiger partial charge in [0.15, 0.2) is 0 Å². The molecule has 0 radical (unpaired) electrons. The Bertz CT molecular complexity index is 1030. The van der Waals surface area contributed by atoms with Crippen molar-refractivity contribution >= 4 is 11.0 Å². The van der Waals surface area contributed by atoms with Gasteiger partial charge in [-0.25, -0.2) is 4.98 Å². The van der Waals surface area contributed by atoms with E-state index in [2.05, 4.69) is 46.1 Å². The molecule has 0 aliphatic rings. The number of aromatic nitrogens is 4. The van der Waals surface area contributed by atoms with Gasteiger partial charge < -0.3 is 9.40 Å². The number of hydrogen-bond acceptors (Lipinski definition) is 5. The minimum absolute atomic E-state index is 0.545. The summed E-state index contributed by atoms with van der Waals surface area (Å²) in [5.74, 6) is 2.07. The molecule has 0 bridgehead atoms. The molecule has 1 N–H and O–H groups in total. The number of fused-ring (bicyclic) bond motifs is 1. The van der Waals surface area contributed by atoms with Crippen molar-refractivity contribution < 1.29 is 4.42 Å². The average Bonchev–Trinajstić information content (AvgIpc) is 3.26. The van der Waals surface area contributed by atoms with Crippen molar-refractivity contribution in [2.75, 3.05) is 7.05 Å². The molecule has 0 aliphatic carbocycles. The van der Waals surface area contributed by atoms with Crippen molar-refractivity contribution in [2.24, 2.45) is 0 Å². The van der Waals surface area contributed by atoms with Crippen molar-refractivity contribution in [2.45, 2.75) is 26.9 Å². The molecule has 26 heavy (non-hydrogen) atoms. The quantitative estimate of drug-likeness (QED) is 0.593. The third-order valence-electron chi connectivity index (χ3n) is 4.54. The van der Waals surface area contributed by atoms with Crippen molar-refractivity contribution in [3.63, 3.8) is 0 Å². The van der Waals surface area contributed by atoms with Crippen LogP contribution in [0.5, 0.6) is 0 Å². The van der Waals surface area contributed by atoms with Crippen molar-refractivity contribution in [1.82, 2.24) is 25.1 Å². The molecular formula is C20H21N5O. The molecule has 6 nitrogen and oxygen atoms in total. The minimum Gasteiger partial charge on any atom is -0.419 e. The van der Waals surface area contributed by atoms with E-state index < -0.39 is 0 Å². The highest BCUT2D eigenvalue weighted by Gasteiger charge is 2.13. The predicted molar refractivity (Wildman–Crippen MR) is 100 cm³/mol. The molecule has 0 amide bonds. The van der Waals surface area contributed by atoms with Gasteiger partial charge in [0.2, 0.25) is 11.8 Å². The Morgan fingerprint density at radius 3 is 2.62 bits per heavy atom. The van der Waals surface area contributed by atoms with Gasteiger partial charge in [0.05, 0.1) is 24.1 Å². The molecule has 0 saturated carbocycles. The zero-order chi connectivity index (χ0) is 18.1. The van der Waals surface area contributed by atoms with Gasteiger partial charge in [0.1, 0.15) is 5.82 Å². The van der Waals surface area contributed by atoms with Gasteiger partial charge in [-0.15, -0.1) is 10.2 Å². The molecule has 4 aromatic rings. The van der Waals surface area contributed by atoms with E-state index in [-0.39, 0.29) is 0 Å². The van der Waals surface area contributed by atoms with Gasteiger partial charge in [0.25, 0.3) is 0 Å². The summed E-state index contributed by atoms with van der Waals surface area (Å²) >= 11 is 0. The molecule has 0 unspecified atom stereocenters. The summed E-state index contributed by atoms with van der Waals surface area (Å²) < 4.78 is 5.78. The molecule has 2 aromatic heterocycles. The fourth-order valence-corrected chi connectivity index (χ4v) is 3.00. The monoisotopic (exact) mass is 347 g/mol. The number of imidazole rings is 1. The fourth-order valence-electron chi connectivity index (χ4n) is 3.00. The summed E-state index contributed by atoms with van der Waals surface area (Å²) in [7, 11) is 2.01. The lowest BCUT2D eigenvalue weighted by Crippen LogP contribution is -2.18. The summed E-state index contributed by atoms with van der Waals surface area (Å²) in [6.07, 6.45) is 0. The maximum Gasteiger partial charge on any atom is 0.247 e. The average molecular weight is 347 g/mol. The maximum absolute atomic E-state index is 5.78. The van der Waals surface area contributed by atoms with Gasteiger partial charge in [-0.1, -0.05) is 24.3 Å². The Morgan fingerprint density at radius 2 is 1.81 bits per heavy atom. The summed E-state index contributed by atoms with van der Waals surface area (Å²) in [4.78, 5) is 10.2. The standard InChI is InChI=1S/C20H21N5O/c1-13-9-10-16-19(14(13)2)22-17(21-16)11-25(3)12-18-23-24-20(26-18)15-7-5-4-6-8-15/h4-10H,11-12H2,1-3H3,(H,21,22). The Kier molecular flexibility index (Phi) is 4.26. The Hall–Kier alpha value is -2.99. The van der Waals surface area contributed by atoms with E-state index in [0.29, 0.717) is 24.9 Å².